The molecular weight excluding hydrogens is 374 g/mol. The molecule has 3 atom stereocenters. The van der Waals surface area contributed by atoms with Crippen LogP contribution in [0.5, 0.6) is 0 Å². The van der Waals surface area contributed by atoms with Crippen LogP contribution in [0.4, 0.5) is 0 Å². The van der Waals surface area contributed by atoms with Gasteiger partial charge in [-0.1, -0.05) is 30.0 Å². The van der Waals surface area contributed by atoms with Crippen LogP contribution in [0.2, 0.25) is 0 Å². The van der Waals surface area contributed by atoms with E-state index in [1.807, 2.05) is 18.5 Å². The van der Waals surface area contributed by atoms with Gasteiger partial charge in [-0.3, -0.25) is 14.8 Å². The number of fused-ring (bicyclic) bond motifs is 1. The fourth-order valence-corrected chi connectivity index (χ4v) is 4.90. The zero-order chi connectivity index (χ0) is 20.8. The standard InChI is InChI=1S/C25H31N3O2/c1-30-15-5-7-20-8-10-22(11-9-20)25-23-18-27(17-21-6-4-12-26-16-21)13-2-3-14-28(23)24(25)19-29/h4,6,8-12,16,23-25,29H,2-3,13-15,17-19H2,1H3/t23-,24-,25-/m0/s1. The van der Waals surface area contributed by atoms with Crippen molar-refractivity contribution in [1.82, 2.24) is 14.8 Å². The molecule has 0 unspecified atom stereocenters. The second kappa shape index (κ2) is 10.2. The van der Waals surface area contributed by atoms with Crippen molar-refractivity contribution in [1.29, 1.82) is 0 Å². The van der Waals surface area contributed by atoms with Gasteiger partial charge in [0.25, 0.3) is 0 Å². The molecule has 0 saturated carbocycles. The summed E-state index contributed by atoms with van der Waals surface area (Å²) < 4.78 is 5.00. The Morgan fingerprint density at radius 1 is 1.17 bits per heavy atom. The van der Waals surface area contributed by atoms with E-state index in [9.17, 15) is 5.11 Å². The smallest absolute Gasteiger partial charge is 0.107 e. The van der Waals surface area contributed by atoms with Crippen molar-refractivity contribution in [3.05, 3.63) is 65.5 Å². The lowest BCUT2D eigenvalue weighted by Gasteiger charge is -2.57. The van der Waals surface area contributed by atoms with E-state index in [2.05, 4.69) is 57.0 Å². The third kappa shape index (κ3) is 4.74. The normalized spacial score (nSPS) is 24.7. The second-order valence-corrected chi connectivity index (χ2v) is 8.24. The van der Waals surface area contributed by atoms with Gasteiger partial charge in [-0.25, -0.2) is 0 Å². The molecule has 0 aliphatic carbocycles. The van der Waals surface area contributed by atoms with Crippen molar-refractivity contribution in [3.63, 3.8) is 0 Å². The largest absolute Gasteiger partial charge is 0.395 e. The van der Waals surface area contributed by atoms with Gasteiger partial charge in [0, 0.05) is 56.2 Å². The van der Waals surface area contributed by atoms with Crippen LogP contribution in [-0.4, -0.2) is 71.9 Å². The van der Waals surface area contributed by atoms with Crippen LogP contribution in [0.25, 0.3) is 0 Å². The Kier molecular flexibility index (Phi) is 7.14. The molecule has 5 nitrogen and oxygen atoms in total. The molecule has 1 aromatic heterocycles. The summed E-state index contributed by atoms with van der Waals surface area (Å²) >= 11 is 0. The molecule has 158 valence electrons. The number of pyridine rings is 1. The van der Waals surface area contributed by atoms with Crippen molar-refractivity contribution in [2.45, 2.75) is 37.4 Å². The van der Waals surface area contributed by atoms with Crippen LogP contribution >= 0.6 is 0 Å². The van der Waals surface area contributed by atoms with Gasteiger partial charge in [-0.2, -0.15) is 0 Å². The van der Waals surface area contributed by atoms with Crippen molar-refractivity contribution >= 4 is 0 Å². The summed E-state index contributed by atoms with van der Waals surface area (Å²) in [6.45, 7) is 4.80. The number of benzene rings is 1. The molecule has 4 rings (SSSR count). The van der Waals surface area contributed by atoms with E-state index < -0.39 is 0 Å². The Labute approximate surface area is 179 Å². The summed E-state index contributed by atoms with van der Waals surface area (Å²) in [5, 5.41) is 10.1. The molecule has 3 heterocycles. The van der Waals surface area contributed by atoms with E-state index in [1.165, 1.54) is 24.0 Å². The summed E-state index contributed by atoms with van der Waals surface area (Å²) in [6, 6.07) is 13.4. The highest BCUT2D eigenvalue weighted by Crippen LogP contribution is 2.42. The maximum Gasteiger partial charge on any atom is 0.107 e. The summed E-state index contributed by atoms with van der Waals surface area (Å²) in [5.41, 5.74) is 3.57. The molecule has 2 aliphatic heterocycles. The number of hydrogen-bond donors (Lipinski definition) is 1. The predicted octanol–water partition coefficient (Wildman–Crippen LogP) is 2.50. The van der Waals surface area contributed by atoms with E-state index in [4.69, 9.17) is 4.74 Å². The molecule has 2 aliphatic rings. The van der Waals surface area contributed by atoms with Gasteiger partial charge in [-0.15, -0.1) is 0 Å². The molecule has 1 N–H and O–H groups in total. The van der Waals surface area contributed by atoms with Gasteiger partial charge < -0.3 is 9.84 Å². The van der Waals surface area contributed by atoms with Crippen LogP contribution in [0.3, 0.4) is 0 Å². The molecule has 0 radical (unpaired) electrons. The fraction of sp³-hybridized carbons (Fsp3) is 0.480. The Morgan fingerprint density at radius 3 is 2.73 bits per heavy atom. The first kappa shape index (κ1) is 21.0. The quantitative estimate of drug-likeness (QED) is 0.775. The molecule has 2 saturated heterocycles. The zero-order valence-corrected chi connectivity index (χ0v) is 17.7. The Bertz CT molecular complexity index is 859. The third-order valence-corrected chi connectivity index (χ3v) is 6.33. The van der Waals surface area contributed by atoms with E-state index in [0.29, 0.717) is 18.6 Å². The lowest BCUT2D eigenvalue weighted by Crippen LogP contribution is -2.67. The van der Waals surface area contributed by atoms with Gasteiger partial charge in [0.2, 0.25) is 0 Å². The zero-order valence-electron chi connectivity index (χ0n) is 17.7. The minimum absolute atomic E-state index is 0.207. The molecular formula is C25H31N3O2. The highest BCUT2D eigenvalue weighted by Gasteiger charge is 2.48. The summed E-state index contributed by atoms with van der Waals surface area (Å²) in [5.74, 6) is 6.49. The van der Waals surface area contributed by atoms with Gasteiger partial charge in [0.1, 0.15) is 6.61 Å². The number of rotatable bonds is 5. The maximum absolute atomic E-state index is 10.1. The Morgan fingerprint density at radius 2 is 2.00 bits per heavy atom. The Hall–Kier alpha value is -2.23. The molecule has 5 heteroatoms. The molecule has 30 heavy (non-hydrogen) atoms. The van der Waals surface area contributed by atoms with Crippen LogP contribution in [0, 0.1) is 11.8 Å². The molecule has 0 spiro atoms. The molecule has 0 amide bonds. The molecule has 2 aromatic rings. The summed E-state index contributed by atoms with van der Waals surface area (Å²) in [4.78, 5) is 9.35. The SMILES string of the molecule is COCC#Cc1ccc([C@@H]2[C@H](CO)N3CCCCN(Cc4cccnc4)C[C@@H]23)cc1. The van der Waals surface area contributed by atoms with Gasteiger partial charge >= 0.3 is 0 Å². The van der Waals surface area contributed by atoms with Crippen LogP contribution in [0.15, 0.2) is 48.8 Å². The van der Waals surface area contributed by atoms with E-state index >= 15 is 0 Å². The summed E-state index contributed by atoms with van der Waals surface area (Å²) in [6.07, 6.45) is 6.17. The van der Waals surface area contributed by atoms with Gasteiger partial charge in [0.15, 0.2) is 0 Å². The van der Waals surface area contributed by atoms with Crippen molar-refractivity contribution in [2.75, 3.05) is 40.0 Å². The number of nitrogens with zero attached hydrogens (tertiary/aromatic N) is 3. The second-order valence-electron chi connectivity index (χ2n) is 8.24. The third-order valence-electron chi connectivity index (χ3n) is 6.33. The minimum Gasteiger partial charge on any atom is -0.395 e. The number of aromatic nitrogens is 1. The van der Waals surface area contributed by atoms with E-state index in [1.54, 1.807) is 7.11 Å². The molecule has 0 bridgehead atoms. The van der Waals surface area contributed by atoms with Gasteiger partial charge in [0.05, 0.1) is 6.61 Å². The lowest BCUT2D eigenvalue weighted by molar-refractivity contribution is -0.0655. The van der Waals surface area contributed by atoms with Crippen molar-refractivity contribution < 1.29 is 9.84 Å². The number of methoxy groups -OCH3 is 1. The number of aliphatic hydroxyl groups is 1. The number of ether oxygens (including phenoxy) is 1. The molecule has 1 aromatic carbocycles. The number of aliphatic hydroxyl groups excluding tert-OH is 1. The lowest BCUT2D eigenvalue weighted by atomic mass is 9.74. The van der Waals surface area contributed by atoms with Crippen molar-refractivity contribution in [2.24, 2.45) is 0 Å². The van der Waals surface area contributed by atoms with Crippen molar-refractivity contribution in [3.8, 4) is 11.8 Å². The topological polar surface area (TPSA) is 48.8 Å². The maximum atomic E-state index is 10.1. The van der Waals surface area contributed by atoms with E-state index in [0.717, 1.165) is 31.7 Å². The first-order valence-electron chi connectivity index (χ1n) is 10.9. The average molecular weight is 406 g/mol. The monoisotopic (exact) mass is 405 g/mol. The Balaban J connectivity index is 1.50. The summed E-state index contributed by atoms with van der Waals surface area (Å²) in [7, 11) is 1.65. The first-order valence-corrected chi connectivity index (χ1v) is 10.9. The van der Waals surface area contributed by atoms with Gasteiger partial charge in [-0.05, 0) is 55.3 Å². The first-order chi connectivity index (χ1) is 14.8. The predicted molar refractivity (Wildman–Crippen MR) is 118 cm³/mol. The molecule has 2 fully saturated rings. The number of hydrogen-bond acceptors (Lipinski definition) is 5. The van der Waals surface area contributed by atoms with Crippen LogP contribution < -0.4 is 0 Å². The fourth-order valence-electron chi connectivity index (χ4n) is 4.90. The van der Waals surface area contributed by atoms with Crippen LogP contribution in [0.1, 0.15) is 35.4 Å². The van der Waals surface area contributed by atoms with E-state index in [-0.39, 0.29) is 12.6 Å². The average Bonchev–Trinajstić information content (AvgIpc) is 2.76. The van der Waals surface area contributed by atoms with Crippen LogP contribution in [-0.2, 0) is 11.3 Å². The highest BCUT2D eigenvalue weighted by atomic mass is 16.5. The highest BCUT2D eigenvalue weighted by molar-refractivity contribution is 5.39. The minimum atomic E-state index is 0.207.